The molecular weight excluding hydrogens is 321 g/mol. The van der Waals surface area contributed by atoms with E-state index in [1.165, 1.54) is 25.0 Å². The van der Waals surface area contributed by atoms with Crippen LogP contribution >= 0.6 is 11.8 Å². The maximum atomic E-state index is 14.2. The number of fused-ring (bicyclic) bond motifs is 1. The lowest BCUT2D eigenvalue weighted by Gasteiger charge is -2.52. The Hall–Kier alpha value is -0.880. The van der Waals surface area contributed by atoms with Crippen molar-refractivity contribution in [3.63, 3.8) is 0 Å². The van der Waals surface area contributed by atoms with Crippen molar-refractivity contribution in [3.05, 3.63) is 24.0 Å². The van der Waals surface area contributed by atoms with E-state index in [0.717, 1.165) is 25.1 Å². The summed E-state index contributed by atoms with van der Waals surface area (Å²) in [6.45, 7) is 5.10. The maximum absolute atomic E-state index is 14.2. The van der Waals surface area contributed by atoms with Crippen LogP contribution in [0.5, 0.6) is 0 Å². The Bertz CT molecular complexity index is 565. The molecule has 0 spiro atoms. The molecule has 128 valence electrons. The second-order valence-electron chi connectivity index (χ2n) is 7.11. The van der Waals surface area contributed by atoms with Crippen LogP contribution in [0.1, 0.15) is 39.5 Å². The van der Waals surface area contributed by atoms with Crippen molar-refractivity contribution in [2.75, 3.05) is 11.4 Å². The molecule has 1 aromatic carbocycles. The molecule has 1 aliphatic heterocycles. The molecule has 1 aromatic rings. The second-order valence-corrected chi connectivity index (χ2v) is 8.14. The van der Waals surface area contributed by atoms with Gasteiger partial charge in [0.15, 0.2) is 0 Å². The molecule has 23 heavy (non-hydrogen) atoms. The van der Waals surface area contributed by atoms with Gasteiger partial charge in [0.25, 0.3) is 5.76 Å². The van der Waals surface area contributed by atoms with Gasteiger partial charge >= 0.3 is 0 Å². The van der Waals surface area contributed by atoms with Crippen molar-refractivity contribution in [1.82, 2.24) is 5.32 Å². The summed E-state index contributed by atoms with van der Waals surface area (Å²) in [7, 11) is 0. The molecule has 0 radical (unpaired) electrons. The Labute approximate surface area is 139 Å². The monoisotopic (exact) mass is 344 g/mol. The second kappa shape index (κ2) is 6.55. The Kier molecular flexibility index (Phi) is 4.83. The SMILES string of the molecule is CC1(C)CN(c2ccc(SC(F)F)c(F)c2)[C@H]2CCCC[C@@H]2N1. The van der Waals surface area contributed by atoms with E-state index in [1.54, 1.807) is 6.07 Å². The van der Waals surface area contributed by atoms with E-state index in [-0.39, 0.29) is 22.2 Å². The van der Waals surface area contributed by atoms with Crippen molar-refractivity contribution in [1.29, 1.82) is 0 Å². The van der Waals surface area contributed by atoms with Gasteiger partial charge in [-0.25, -0.2) is 4.39 Å². The Balaban J connectivity index is 1.87. The summed E-state index contributed by atoms with van der Waals surface area (Å²) < 4.78 is 39.1. The van der Waals surface area contributed by atoms with Crippen molar-refractivity contribution >= 4 is 17.4 Å². The highest BCUT2D eigenvalue weighted by atomic mass is 32.2. The van der Waals surface area contributed by atoms with E-state index < -0.39 is 11.6 Å². The summed E-state index contributed by atoms with van der Waals surface area (Å²) in [4.78, 5) is 2.28. The van der Waals surface area contributed by atoms with Crippen LogP contribution < -0.4 is 10.2 Å². The molecule has 3 rings (SSSR count). The van der Waals surface area contributed by atoms with Crippen molar-refractivity contribution in [3.8, 4) is 0 Å². The van der Waals surface area contributed by atoms with Crippen LogP contribution in [0.15, 0.2) is 23.1 Å². The molecule has 2 atom stereocenters. The lowest BCUT2D eigenvalue weighted by Crippen LogP contribution is -2.67. The molecule has 2 aliphatic rings. The third-order valence-corrected chi connectivity index (χ3v) is 5.50. The Morgan fingerprint density at radius 2 is 2.00 bits per heavy atom. The molecule has 2 nitrogen and oxygen atoms in total. The van der Waals surface area contributed by atoms with Gasteiger partial charge in [0.1, 0.15) is 5.82 Å². The quantitative estimate of drug-likeness (QED) is 0.804. The first kappa shape index (κ1) is 17.0. The number of anilines is 1. The van der Waals surface area contributed by atoms with Crippen LogP contribution in [-0.2, 0) is 0 Å². The minimum absolute atomic E-state index is 0.0124. The molecule has 6 heteroatoms. The molecule has 1 N–H and O–H groups in total. The molecule has 1 saturated carbocycles. The standard InChI is InChI=1S/C17H23F3N2S/c1-17(2)10-22(14-6-4-3-5-13(14)21-17)11-7-8-15(12(18)9-11)23-16(19)20/h7-9,13-14,16,21H,3-6,10H2,1-2H3/t13-,14-/m0/s1. The molecule has 0 amide bonds. The first-order valence-electron chi connectivity index (χ1n) is 8.14. The maximum Gasteiger partial charge on any atom is 0.289 e. The molecule has 0 bridgehead atoms. The van der Waals surface area contributed by atoms with E-state index in [1.807, 2.05) is 0 Å². The van der Waals surface area contributed by atoms with Crippen molar-refractivity contribution in [2.24, 2.45) is 0 Å². The summed E-state index contributed by atoms with van der Waals surface area (Å²) in [5.41, 5.74) is 0.748. The number of piperazine rings is 1. The first-order valence-corrected chi connectivity index (χ1v) is 9.02. The van der Waals surface area contributed by atoms with Crippen LogP contribution in [0.25, 0.3) is 0 Å². The molecule has 1 saturated heterocycles. The fourth-order valence-electron chi connectivity index (χ4n) is 3.89. The molecule has 2 fully saturated rings. The van der Waals surface area contributed by atoms with Gasteiger partial charge in [0, 0.05) is 34.8 Å². The number of nitrogens with zero attached hydrogens (tertiary/aromatic N) is 1. The lowest BCUT2D eigenvalue weighted by molar-refractivity contribution is 0.199. The van der Waals surface area contributed by atoms with E-state index in [9.17, 15) is 13.2 Å². The molecule has 1 aliphatic carbocycles. The fourth-order valence-corrected chi connectivity index (χ4v) is 4.40. The molecular formula is C17H23F3N2S. The van der Waals surface area contributed by atoms with Crippen molar-refractivity contribution in [2.45, 2.75) is 67.8 Å². The van der Waals surface area contributed by atoms with E-state index in [2.05, 4.69) is 24.1 Å². The largest absolute Gasteiger partial charge is 0.365 e. The zero-order valence-electron chi connectivity index (χ0n) is 13.5. The van der Waals surface area contributed by atoms with Crippen LogP contribution in [-0.4, -0.2) is 29.9 Å². The van der Waals surface area contributed by atoms with Crippen LogP contribution in [0.3, 0.4) is 0 Å². The van der Waals surface area contributed by atoms with Gasteiger partial charge in [-0.3, -0.25) is 0 Å². The number of benzene rings is 1. The number of hydrogen-bond acceptors (Lipinski definition) is 3. The normalized spacial score (nSPS) is 27.1. The summed E-state index contributed by atoms with van der Waals surface area (Å²) in [5, 5.41) is 3.71. The smallest absolute Gasteiger partial charge is 0.289 e. The number of thioether (sulfide) groups is 1. The van der Waals surface area contributed by atoms with Crippen LogP contribution in [0.2, 0.25) is 0 Å². The predicted molar refractivity (Wildman–Crippen MR) is 88.9 cm³/mol. The van der Waals surface area contributed by atoms with Gasteiger partial charge in [-0.05, 0) is 44.9 Å². The first-order chi connectivity index (χ1) is 10.9. The number of alkyl halides is 2. The highest BCUT2D eigenvalue weighted by Gasteiger charge is 2.40. The number of hydrogen-bond donors (Lipinski definition) is 1. The summed E-state index contributed by atoms with van der Waals surface area (Å²) in [6.07, 6.45) is 4.62. The van der Waals surface area contributed by atoms with Gasteiger partial charge in [-0.15, -0.1) is 0 Å². The predicted octanol–water partition coefficient (Wildman–Crippen LogP) is 4.64. The minimum Gasteiger partial charge on any atom is -0.365 e. The number of rotatable bonds is 3. The summed E-state index contributed by atoms with van der Waals surface area (Å²) in [6, 6.07) is 5.43. The van der Waals surface area contributed by atoms with Gasteiger partial charge in [-0.1, -0.05) is 24.6 Å². The van der Waals surface area contributed by atoms with Gasteiger partial charge in [0.05, 0.1) is 0 Å². The summed E-state index contributed by atoms with van der Waals surface area (Å²) in [5.74, 6) is -3.16. The van der Waals surface area contributed by atoms with E-state index in [0.29, 0.717) is 12.1 Å². The Morgan fingerprint density at radius 1 is 1.26 bits per heavy atom. The van der Waals surface area contributed by atoms with Gasteiger partial charge in [0.2, 0.25) is 0 Å². The minimum atomic E-state index is -2.60. The average Bonchev–Trinajstić information content (AvgIpc) is 2.47. The fraction of sp³-hybridized carbons (Fsp3) is 0.647. The van der Waals surface area contributed by atoms with E-state index >= 15 is 0 Å². The molecule has 0 aromatic heterocycles. The third-order valence-electron chi connectivity index (χ3n) is 4.73. The number of nitrogens with one attached hydrogen (secondary N) is 1. The zero-order chi connectivity index (χ0) is 16.6. The zero-order valence-corrected chi connectivity index (χ0v) is 14.3. The average molecular weight is 344 g/mol. The topological polar surface area (TPSA) is 15.3 Å². The lowest BCUT2D eigenvalue weighted by atomic mass is 9.83. The van der Waals surface area contributed by atoms with Crippen molar-refractivity contribution < 1.29 is 13.2 Å². The summed E-state index contributed by atoms with van der Waals surface area (Å²) >= 11 is 0.264. The molecule has 1 heterocycles. The van der Waals surface area contributed by atoms with Crippen LogP contribution in [0, 0.1) is 5.82 Å². The third kappa shape index (κ3) is 3.79. The Morgan fingerprint density at radius 3 is 2.70 bits per heavy atom. The number of halogens is 3. The molecule has 0 unspecified atom stereocenters. The van der Waals surface area contributed by atoms with Gasteiger partial charge in [-0.2, -0.15) is 8.78 Å². The van der Waals surface area contributed by atoms with Crippen LogP contribution in [0.4, 0.5) is 18.9 Å². The van der Waals surface area contributed by atoms with E-state index in [4.69, 9.17) is 0 Å². The highest BCUT2D eigenvalue weighted by molar-refractivity contribution is 7.99. The van der Waals surface area contributed by atoms with Gasteiger partial charge < -0.3 is 10.2 Å². The highest BCUT2D eigenvalue weighted by Crippen LogP contribution is 2.36.